The van der Waals surface area contributed by atoms with E-state index in [1.54, 1.807) is 6.92 Å². The highest BCUT2D eigenvalue weighted by atomic mass is 16.5. The monoisotopic (exact) mass is 332 g/mol. The van der Waals surface area contributed by atoms with E-state index in [2.05, 4.69) is 0 Å². The van der Waals surface area contributed by atoms with Gasteiger partial charge in [0.15, 0.2) is 6.54 Å². The number of hydrogen-bond acceptors (Lipinski definition) is 4. The van der Waals surface area contributed by atoms with Crippen molar-refractivity contribution in [1.82, 2.24) is 0 Å². The van der Waals surface area contributed by atoms with Crippen molar-refractivity contribution < 1.29 is 23.9 Å². The molecule has 2 rings (SSSR count). The number of aliphatic hydroxyl groups excluding tert-OH is 1. The fourth-order valence-electron chi connectivity index (χ4n) is 2.75. The number of nitrogens with zero attached hydrogens (tertiary/aromatic N) is 1. The van der Waals surface area contributed by atoms with Gasteiger partial charge in [-0.3, -0.25) is 0 Å². The summed E-state index contributed by atoms with van der Waals surface area (Å²) in [5, 5.41) is 12.4. The molecule has 0 fully saturated rings. The number of benzene rings is 2. The van der Waals surface area contributed by atoms with E-state index < -0.39 is 6.10 Å². The zero-order chi connectivity index (χ0) is 17.6. The normalized spacial score (nSPS) is 12.8. The lowest BCUT2D eigenvalue weighted by Crippen LogP contribution is -2.50. The lowest BCUT2D eigenvalue weighted by molar-refractivity contribution is -0.886. The second-order valence-corrected chi connectivity index (χ2v) is 6.52. The molecule has 0 aliphatic rings. The number of likely N-dealkylation sites (N-methyl/N-ethyl adjacent to an activating group) is 1. The molecule has 0 saturated heterocycles. The number of hydrogen-bond donors (Lipinski definition) is 1. The third-order valence-electron chi connectivity index (χ3n) is 3.75. The molecule has 1 unspecified atom stereocenters. The van der Waals surface area contributed by atoms with Crippen LogP contribution in [0.4, 0.5) is 0 Å². The summed E-state index contributed by atoms with van der Waals surface area (Å²) < 4.78 is 11.1. The number of fused-ring (bicyclic) bond motifs is 1. The van der Waals surface area contributed by atoms with Gasteiger partial charge in [-0.15, -0.1) is 0 Å². The molecule has 0 spiro atoms. The highest BCUT2D eigenvalue weighted by molar-refractivity contribution is 5.88. The molecule has 0 heterocycles. The van der Waals surface area contributed by atoms with Crippen molar-refractivity contribution >= 4 is 16.7 Å². The average molecular weight is 332 g/mol. The first-order chi connectivity index (χ1) is 11.4. The fourth-order valence-corrected chi connectivity index (χ4v) is 2.75. The van der Waals surface area contributed by atoms with Crippen LogP contribution in [0.5, 0.6) is 5.75 Å². The van der Waals surface area contributed by atoms with Crippen molar-refractivity contribution in [3.63, 3.8) is 0 Å². The summed E-state index contributed by atoms with van der Waals surface area (Å²) >= 11 is 0. The Bertz CT molecular complexity index is 679. The lowest BCUT2D eigenvalue weighted by atomic mass is 10.1. The molecule has 0 bridgehead atoms. The summed E-state index contributed by atoms with van der Waals surface area (Å²) in [6, 6.07) is 13.8. The van der Waals surface area contributed by atoms with Crippen molar-refractivity contribution in [2.45, 2.75) is 13.0 Å². The number of esters is 1. The Balaban J connectivity index is 1.92. The summed E-state index contributed by atoms with van der Waals surface area (Å²) in [6.07, 6.45) is -0.673. The molecule has 2 aromatic rings. The highest BCUT2D eigenvalue weighted by Crippen LogP contribution is 2.25. The zero-order valence-corrected chi connectivity index (χ0v) is 14.6. The van der Waals surface area contributed by atoms with Gasteiger partial charge >= 0.3 is 5.97 Å². The SMILES string of the molecule is CCOC(=O)C[N+](C)(C)CC(O)COc1cccc2ccccc12. The van der Waals surface area contributed by atoms with Crippen molar-refractivity contribution in [2.24, 2.45) is 0 Å². The van der Waals surface area contributed by atoms with Crippen molar-refractivity contribution in [3.05, 3.63) is 42.5 Å². The minimum atomic E-state index is -0.673. The van der Waals surface area contributed by atoms with Crippen LogP contribution in [0.15, 0.2) is 42.5 Å². The van der Waals surface area contributed by atoms with Gasteiger partial charge < -0.3 is 19.1 Å². The second kappa shape index (κ2) is 8.13. The summed E-state index contributed by atoms with van der Waals surface area (Å²) in [4.78, 5) is 11.6. The molecule has 5 heteroatoms. The molecule has 130 valence electrons. The van der Waals surface area contributed by atoms with Crippen molar-refractivity contribution in [1.29, 1.82) is 0 Å². The second-order valence-electron chi connectivity index (χ2n) is 6.52. The summed E-state index contributed by atoms with van der Waals surface area (Å²) in [6.45, 7) is 2.96. The molecule has 1 N–H and O–H groups in total. The van der Waals surface area contributed by atoms with E-state index in [0.717, 1.165) is 16.5 Å². The van der Waals surface area contributed by atoms with Gasteiger partial charge in [0.25, 0.3) is 0 Å². The van der Waals surface area contributed by atoms with E-state index in [1.807, 2.05) is 56.6 Å². The summed E-state index contributed by atoms with van der Waals surface area (Å²) in [5.41, 5.74) is 0. The van der Waals surface area contributed by atoms with Crippen LogP contribution in [-0.2, 0) is 9.53 Å². The van der Waals surface area contributed by atoms with E-state index in [-0.39, 0.29) is 19.1 Å². The third-order valence-corrected chi connectivity index (χ3v) is 3.75. The smallest absolute Gasteiger partial charge is 0.361 e. The zero-order valence-electron chi connectivity index (χ0n) is 14.6. The highest BCUT2D eigenvalue weighted by Gasteiger charge is 2.25. The Morgan fingerprint density at radius 1 is 1.17 bits per heavy atom. The van der Waals surface area contributed by atoms with Gasteiger partial charge in [0.2, 0.25) is 0 Å². The Labute approximate surface area is 143 Å². The Hall–Kier alpha value is -2.11. The van der Waals surface area contributed by atoms with Gasteiger partial charge in [-0.05, 0) is 18.4 Å². The molecule has 0 aliphatic carbocycles. The molecule has 0 saturated carbocycles. The molecule has 0 aliphatic heterocycles. The largest absolute Gasteiger partial charge is 0.490 e. The van der Waals surface area contributed by atoms with Gasteiger partial charge in [-0.25, -0.2) is 4.79 Å². The van der Waals surface area contributed by atoms with Crippen molar-refractivity contribution in [2.75, 3.05) is 40.4 Å². The molecular weight excluding hydrogens is 306 g/mol. The number of aliphatic hydroxyl groups is 1. The van der Waals surface area contributed by atoms with Crippen LogP contribution in [0.25, 0.3) is 10.8 Å². The quantitative estimate of drug-likeness (QED) is 0.595. The molecule has 5 nitrogen and oxygen atoms in total. The van der Waals surface area contributed by atoms with Crippen LogP contribution in [0.3, 0.4) is 0 Å². The van der Waals surface area contributed by atoms with Gasteiger partial charge in [0.1, 0.15) is 25.0 Å². The van der Waals surface area contributed by atoms with E-state index in [4.69, 9.17) is 9.47 Å². The van der Waals surface area contributed by atoms with Crippen LogP contribution in [0.2, 0.25) is 0 Å². The Morgan fingerprint density at radius 2 is 1.88 bits per heavy atom. The van der Waals surface area contributed by atoms with Gasteiger partial charge in [-0.2, -0.15) is 0 Å². The topological polar surface area (TPSA) is 55.8 Å². The first-order valence-corrected chi connectivity index (χ1v) is 8.17. The molecule has 0 amide bonds. The minimum Gasteiger partial charge on any atom is -0.490 e. The van der Waals surface area contributed by atoms with Crippen LogP contribution >= 0.6 is 0 Å². The third kappa shape index (κ3) is 5.22. The number of ether oxygens (including phenoxy) is 2. The predicted molar refractivity (Wildman–Crippen MR) is 93.9 cm³/mol. The van der Waals surface area contributed by atoms with Crippen LogP contribution in [0.1, 0.15) is 6.92 Å². The van der Waals surface area contributed by atoms with Gasteiger partial charge in [0, 0.05) is 5.39 Å². The molecule has 24 heavy (non-hydrogen) atoms. The molecule has 2 aromatic carbocycles. The fraction of sp³-hybridized carbons (Fsp3) is 0.421. The molecule has 0 radical (unpaired) electrons. The Kier molecular flexibility index (Phi) is 6.17. The van der Waals surface area contributed by atoms with E-state index in [1.165, 1.54) is 0 Å². The number of carbonyl (C=O) groups is 1. The Morgan fingerprint density at radius 3 is 2.62 bits per heavy atom. The van der Waals surface area contributed by atoms with E-state index in [9.17, 15) is 9.90 Å². The van der Waals surface area contributed by atoms with E-state index in [0.29, 0.717) is 17.6 Å². The lowest BCUT2D eigenvalue weighted by Gasteiger charge is -2.30. The molecule has 0 aromatic heterocycles. The summed E-state index contributed by atoms with van der Waals surface area (Å²) in [5.74, 6) is 0.493. The molecule has 1 atom stereocenters. The predicted octanol–water partition coefficient (Wildman–Crippen LogP) is 2.22. The minimum absolute atomic E-state index is 0.179. The van der Waals surface area contributed by atoms with Crippen LogP contribution < -0.4 is 4.74 Å². The van der Waals surface area contributed by atoms with Crippen LogP contribution in [-0.4, -0.2) is 62.1 Å². The van der Waals surface area contributed by atoms with Gasteiger partial charge in [0.05, 0.1) is 20.7 Å². The maximum atomic E-state index is 11.6. The number of carbonyl (C=O) groups excluding carboxylic acids is 1. The first-order valence-electron chi connectivity index (χ1n) is 8.17. The first kappa shape index (κ1) is 18.2. The number of quaternary nitrogens is 1. The molecular formula is C19H26NO4+. The van der Waals surface area contributed by atoms with Crippen molar-refractivity contribution in [3.8, 4) is 5.75 Å². The van der Waals surface area contributed by atoms with Crippen LogP contribution in [0, 0.1) is 0 Å². The average Bonchev–Trinajstić information content (AvgIpc) is 2.52. The summed E-state index contributed by atoms with van der Waals surface area (Å²) in [7, 11) is 3.77. The van der Waals surface area contributed by atoms with E-state index >= 15 is 0 Å². The number of rotatable bonds is 8. The maximum Gasteiger partial charge on any atom is 0.361 e. The standard InChI is InChI=1S/C19H26NO4/c1-4-23-19(22)13-20(2,3)12-16(21)14-24-18-11-7-9-15-8-5-6-10-17(15)18/h5-11,16,21H,4,12-14H2,1-3H3/q+1. The maximum absolute atomic E-state index is 11.6. The van der Waals surface area contributed by atoms with Gasteiger partial charge in [-0.1, -0.05) is 36.4 Å².